The van der Waals surface area contributed by atoms with Gasteiger partial charge in [-0.1, -0.05) is 12.8 Å². The Morgan fingerprint density at radius 2 is 1.92 bits per heavy atom. The molecular weight excluding hydrogens is 400 g/mol. The van der Waals surface area contributed by atoms with Gasteiger partial charge in [-0.25, -0.2) is 0 Å². The number of non-ortho nitro benzene ring substituents is 1. The highest BCUT2D eigenvalue weighted by molar-refractivity contribution is 9.10. The minimum Gasteiger partial charge on any atom is -0.383 e. The average molecular weight is 425 g/mol. The molecule has 1 aliphatic heterocycles. The molecule has 1 N–H and O–H groups in total. The summed E-state index contributed by atoms with van der Waals surface area (Å²) in [6.07, 6.45) is 4.51. The molecule has 3 rings (SSSR count). The van der Waals surface area contributed by atoms with Gasteiger partial charge in [-0.05, 0) is 34.8 Å². The summed E-state index contributed by atoms with van der Waals surface area (Å²) in [6, 6.07) is 4.73. The summed E-state index contributed by atoms with van der Waals surface area (Å²) in [7, 11) is 0. The SMILES string of the molecule is O=C(C1CCCC1)N1CCN(CCNc2ccc([N+](=O)[O-])cc2Br)CC1. The highest BCUT2D eigenvalue weighted by Gasteiger charge is 2.29. The molecule has 26 heavy (non-hydrogen) atoms. The smallest absolute Gasteiger partial charge is 0.270 e. The van der Waals surface area contributed by atoms with Crippen LogP contribution >= 0.6 is 15.9 Å². The molecule has 8 heteroatoms. The first kappa shape index (κ1) is 19.1. The topological polar surface area (TPSA) is 78.7 Å². The van der Waals surface area contributed by atoms with E-state index in [1.54, 1.807) is 6.07 Å². The van der Waals surface area contributed by atoms with Crippen molar-refractivity contribution in [2.24, 2.45) is 5.92 Å². The lowest BCUT2D eigenvalue weighted by molar-refractivity contribution is -0.384. The van der Waals surface area contributed by atoms with Gasteiger partial charge >= 0.3 is 0 Å². The zero-order chi connectivity index (χ0) is 18.5. The zero-order valence-corrected chi connectivity index (χ0v) is 16.4. The van der Waals surface area contributed by atoms with Crippen molar-refractivity contribution in [3.05, 3.63) is 32.8 Å². The number of amides is 1. The van der Waals surface area contributed by atoms with Crippen molar-refractivity contribution in [1.29, 1.82) is 0 Å². The van der Waals surface area contributed by atoms with E-state index in [1.807, 2.05) is 4.90 Å². The standard InChI is InChI=1S/C18H25BrN4O3/c19-16-13-15(23(25)26)5-6-17(16)20-7-8-21-9-11-22(12-10-21)18(24)14-3-1-2-4-14/h5-6,13-14,20H,1-4,7-12H2. The number of nitro groups is 1. The van der Waals surface area contributed by atoms with E-state index in [1.165, 1.54) is 25.0 Å². The van der Waals surface area contributed by atoms with Crippen LogP contribution in [0.2, 0.25) is 0 Å². The number of piperazine rings is 1. The van der Waals surface area contributed by atoms with E-state index in [-0.39, 0.29) is 11.6 Å². The maximum absolute atomic E-state index is 12.5. The molecule has 0 unspecified atom stereocenters. The van der Waals surface area contributed by atoms with E-state index in [2.05, 4.69) is 26.1 Å². The molecule has 0 bridgehead atoms. The lowest BCUT2D eigenvalue weighted by atomic mass is 10.1. The lowest BCUT2D eigenvalue weighted by Gasteiger charge is -2.36. The maximum atomic E-state index is 12.5. The quantitative estimate of drug-likeness (QED) is 0.560. The molecule has 1 amide bonds. The van der Waals surface area contributed by atoms with E-state index in [0.29, 0.717) is 10.4 Å². The van der Waals surface area contributed by atoms with Crippen LogP contribution in [-0.2, 0) is 4.79 Å². The van der Waals surface area contributed by atoms with Gasteiger partial charge in [-0.15, -0.1) is 0 Å². The molecule has 142 valence electrons. The number of hydrogen-bond donors (Lipinski definition) is 1. The third-order valence-electron chi connectivity index (χ3n) is 5.30. The summed E-state index contributed by atoms with van der Waals surface area (Å²) in [4.78, 5) is 27.2. The molecule has 0 spiro atoms. The molecule has 1 saturated heterocycles. The second kappa shape index (κ2) is 8.81. The van der Waals surface area contributed by atoms with Crippen molar-refractivity contribution >= 4 is 33.2 Å². The van der Waals surface area contributed by atoms with Crippen LogP contribution in [0.5, 0.6) is 0 Å². The Kier molecular flexibility index (Phi) is 6.48. The molecule has 2 fully saturated rings. The van der Waals surface area contributed by atoms with Gasteiger partial charge in [0, 0.05) is 67.5 Å². The van der Waals surface area contributed by atoms with Gasteiger partial charge in [0.05, 0.1) is 4.92 Å². The van der Waals surface area contributed by atoms with Crippen molar-refractivity contribution in [1.82, 2.24) is 9.80 Å². The number of halogens is 1. The number of hydrogen-bond acceptors (Lipinski definition) is 5. The Hall–Kier alpha value is -1.67. The Balaban J connectivity index is 1.40. The summed E-state index contributed by atoms with van der Waals surface area (Å²) in [6.45, 7) is 5.08. The van der Waals surface area contributed by atoms with E-state index in [4.69, 9.17) is 0 Å². The van der Waals surface area contributed by atoms with Crippen LogP contribution in [-0.4, -0.2) is 59.9 Å². The van der Waals surface area contributed by atoms with E-state index in [9.17, 15) is 14.9 Å². The summed E-state index contributed by atoms with van der Waals surface area (Å²) < 4.78 is 0.693. The number of carbonyl (C=O) groups is 1. The Bertz CT molecular complexity index is 656. The monoisotopic (exact) mass is 424 g/mol. The van der Waals surface area contributed by atoms with Crippen LogP contribution in [0.25, 0.3) is 0 Å². The fourth-order valence-electron chi connectivity index (χ4n) is 3.73. The summed E-state index contributed by atoms with van der Waals surface area (Å²) in [5.74, 6) is 0.623. The summed E-state index contributed by atoms with van der Waals surface area (Å²) in [5.41, 5.74) is 0.927. The molecule has 1 saturated carbocycles. The molecule has 1 heterocycles. The van der Waals surface area contributed by atoms with E-state index in [0.717, 1.165) is 57.8 Å². The zero-order valence-electron chi connectivity index (χ0n) is 14.8. The van der Waals surface area contributed by atoms with Gasteiger partial charge in [-0.3, -0.25) is 19.8 Å². The van der Waals surface area contributed by atoms with Crippen molar-refractivity contribution in [2.75, 3.05) is 44.6 Å². The molecule has 0 aromatic heterocycles. The van der Waals surface area contributed by atoms with Gasteiger partial charge in [-0.2, -0.15) is 0 Å². The normalized spacial score (nSPS) is 18.9. The predicted molar refractivity (Wildman–Crippen MR) is 104 cm³/mol. The number of rotatable bonds is 6. The maximum Gasteiger partial charge on any atom is 0.270 e. The van der Waals surface area contributed by atoms with Gasteiger partial charge in [0.15, 0.2) is 0 Å². The first-order chi connectivity index (χ1) is 12.5. The van der Waals surface area contributed by atoms with Crippen molar-refractivity contribution < 1.29 is 9.72 Å². The third kappa shape index (κ3) is 4.73. The molecular formula is C18H25BrN4O3. The molecule has 0 radical (unpaired) electrons. The number of anilines is 1. The summed E-state index contributed by atoms with van der Waals surface area (Å²) >= 11 is 3.37. The Labute approximate surface area is 162 Å². The van der Waals surface area contributed by atoms with Crippen LogP contribution in [0.15, 0.2) is 22.7 Å². The van der Waals surface area contributed by atoms with Crippen molar-refractivity contribution in [2.45, 2.75) is 25.7 Å². The Morgan fingerprint density at radius 1 is 1.23 bits per heavy atom. The van der Waals surface area contributed by atoms with Crippen LogP contribution in [0, 0.1) is 16.0 Å². The number of nitro benzene ring substituents is 1. The van der Waals surface area contributed by atoms with E-state index < -0.39 is 4.92 Å². The largest absolute Gasteiger partial charge is 0.383 e. The number of nitrogens with zero attached hydrogens (tertiary/aromatic N) is 3. The molecule has 1 aromatic carbocycles. The van der Waals surface area contributed by atoms with Crippen LogP contribution in [0.4, 0.5) is 11.4 Å². The highest BCUT2D eigenvalue weighted by atomic mass is 79.9. The fraction of sp³-hybridized carbons (Fsp3) is 0.611. The molecule has 7 nitrogen and oxygen atoms in total. The molecule has 0 atom stereocenters. The summed E-state index contributed by atoms with van der Waals surface area (Å²) in [5, 5.41) is 14.1. The van der Waals surface area contributed by atoms with Gasteiger partial charge < -0.3 is 10.2 Å². The molecule has 2 aliphatic rings. The van der Waals surface area contributed by atoms with Gasteiger partial charge in [0.25, 0.3) is 5.69 Å². The minimum atomic E-state index is -0.402. The van der Waals surface area contributed by atoms with Gasteiger partial charge in [0.1, 0.15) is 0 Å². The average Bonchev–Trinajstić information content (AvgIpc) is 3.17. The molecule has 1 aliphatic carbocycles. The highest BCUT2D eigenvalue weighted by Crippen LogP contribution is 2.28. The predicted octanol–water partition coefficient (Wildman–Crippen LogP) is 3.10. The first-order valence-electron chi connectivity index (χ1n) is 9.23. The minimum absolute atomic E-state index is 0.0745. The lowest BCUT2D eigenvalue weighted by Crippen LogP contribution is -2.50. The number of carbonyl (C=O) groups excluding carboxylic acids is 1. The molecule has 1 aromatic rings. The van der Waals surface area contributed by atoms with Crippen LogP contribution < -0.4 is 5.32 Å². The first-order valence-corrected chi connectivity index (χ1v) is 10.0. The van der Waals surface area contributed by atoms with E-state index >= 15 is 0 Å². The second-order valence-corrected chi connectivity index (χ2v) is 7.85. The number of benzene rings is 1. The second-order valence-electron chi connectivity index (χ2n) is 7.00. The van der Waals surface area contributed by atoms with Crippen LogP contribution in [0.3, 0.4) is 0 Å². The van der Waals surface area contributed by atoms with Crippen LogP contribution in [0.1, 0.15) is 25.7 Å². The fourth-order valence-corrected chi connectivity index (χ4v) is 4.24. The van der Waals surface area contributed by atoms with Gasteiger partial charge in [0.2, 0.25) is 5.91 Å². The van der Waals surface area contributed by atoms with Crippen molar-refractivity contribution in [3.63, 3.8) is 0 Å². The Morgan fingerprint density at radius 3 is 2.54 bits per heavy atom. The third-order valence-corrected chi connectivity index (χ3v) is 5.95. The number of nitrogens with one attached hydrogen (secondary N) is 1. The van der Waals surface area contributed by atoms with Crippen molar-refractivity contribution in [3.8, 4) is 0 Å².